The second-order valence-corrected chi connectivity index (χ2v) is 9.15. The van der Waals surface area contributed by atoms with Gasteiger partial charge in [-0.2, -0.15) is 57.1 Å². The van der Waals surface area contributed by atoms with Crippen molar-refractivity contribution in [1.29, 1.82) is 0 Å². The Hall–Kier alpha value is -0.180. The van der Waals surface area contributed by atoms with Gasteiger partial charge in [-0.15, -0.1) is 0 Å². The molecule has 0 saturated carbocycles. The topological polar surface area (TPSA) is 0 Å². The van der Waals surface area contributed by atoms with Gasteiger partial charge in [0.2, 0.25) is 0 Å². The zero-order chi connectivity index (χ0) is 23.0. The van der Waals surface area contributed by atoms with E-state index in [1.165, 1.54) is 22.6 Å². The number of hydrogen-bond acceptors (Lipinski definition) is 0. The van der Waals surface area contributed by atoms with Crippen molar-refractivity contribution < 1.29 is 57.1 Å². The van der Waals surface area contributed by atoms with Gasteiger partial charge in [0.25, 0.3) is 0 Å². The molecule has 0 aliphatic rings. The minimum absolute atomic E-state index is 0.177. The average Bonchev–Trinajstić information content (AvgIpc) is 2.44. The first kappa shape index (κ1) is 27.8. The van der Waals surface area contributed by atoms with Crippen LogP contribution in [0.4, 0.5) is 57.1 Å². The second kappa shape index (κ2) is 8.16. The Kier molecular flexibility index (Phi) is 8.10. The van der Waals surface area contributed by atoms with Crippen molar-refractivity contribution in [2.75, 3.05) is 0 Å². The van der Waals surface area contributed by atoms with Gasteiger partial charge in [0.15, 0.2) is 0 Å². The van der Waals surface area contributed by atoms with Crippen LogP contribution in [0.3, 0.4) is 0 Å². The molecule has 0 nitrogen and oxygen atoms in total. The van der Waals surface area contributed by atoms with Crippen molar-refractivity contribution in [2.24, 2.45) is 0 Å². The van der Waals surface area contributed by atoms with Gasteiger partial charge >= 0.3 is 35.8 Å². The number of unbranched alkanes of at least 4 members (excludes halogenated alkanes) is 2. The zero-order valence-corrected chi connectivity index (χ0v) is 16.5. The van der Waals surface area contributed by atoms with Gasteiger partial charge in [-0.1, -0.05) is 55.7 Å². The average molecular weight is 558 g/mol. The molecular formula is C14H16F13I. The summed E-state index contributed by atoms with van der Waals surface area (Å²) in [7, 11) is 0. The van der Waals surface area contributed by atoms with Gasteiger partial charge in [0.1, 0.15) is 0 Å². The summed E-state index contributed by atoms with van der Waals surface area (Å²) in [4.78, 5) is 0. The first-order valence-corrected chi connectivity index (χ1v) is 8.74. The zero-order valence-electron chi connectivity index (χ0n) is 14.3. The third-order valence-corrected chi connectivity index (χ3v) is 4.81. The fraction of sp³-hybridized carbons (Fsp3) is 1.00. The Morgan fingerprint density at radius 2 is 1.00 bits per heavy atom. The number of alkyl halides is 14. The van der Waals surface area contributed by atoms with Crippen molar-refractivity contribution in [3.63, 3.8) is 0 Å². The predicted molar refractivity (Wildman–Crippen MR) is 82.0 cm³/mol. The molecule has 0 spiro atoms. The van der Waals surface area contributed by atoms with E-state index in [9.17, 15) is 57.1 Å². The van der Waals surface area contributed by atoms with Crippen molar-refractivity contribution in [2.45, 2.75) is 85.2 Å². The van der Waals surface area contributed by atoms with Gasteiger partial charge in [-0.25, -0.2) is 0 Å². The fourth-order valence-electron chi connectivity index (χ4n) is 2.21. The first-order valence-electron chi connectivity index (χ1n) is 7.66. The fourth-order valence-corrected chi connectivity index (χ4v) is 3.07. The summed E-state index contributed by atoms with van der Waals surface area (Å²) in [6.07, 6.45) is -8.60. The molecule has 14 heteroatoms. The smallest absolute Gasteiger partial charge is 0.200 e. The van der Waals surface area contributed by atoms with Crippen molar-refractivity contribution in [3.8, 4) is 0 Å². The maximum Gasteiger partial charge on any atom is 0.460 e. The Morgan fingerprint density at radius 1 is 0.607 bits per heavy atom. The summed E-state index contributed by atoms with van der Waals surface area (Å²) >= 11 is 1.18. The normalized spacial score (nSPS) is 17.6. The van der Waals surface area contributed by atoms with Crippen molar-refractivity contribution in [3.05, 3.63) is 0 Å². The minimum Gasteiger partial charge on any atom is -0.200 e. The van der Waals surface area contributed by atoms with Crippen molar-refractivity contribution in [1.82, 2.24) is 0 Å². The Labute approximate surface area is 165 Å². The molecule has 0 radical (unpaired) electrons. The molecule has 1 unspecified atom stereocenters. The van der Waals surface area contributed by atoms with E-state index in [4.69, 9.17) is 0 Å². The summed E-state index contributed by atoms with van der Waals surface area (Å²) < 4.78 is 168. The molecule has 0 fully saturated rings. The lowest BCUT2D eigenvalue weighted by atomic mass is 9.88. The summed E-state index contributed by atoms with van der Waals surface area (Å²) in [6, 6.07) is 0. The molecule has 0 saturated heterocycles. The molecule has 0 aromatic rings. The lowest BCUT2D eigenvalue weighted by Crippen LogP contribution is -2.70. The van der Waals surface area contributed by atoms with Crippen LogP contribution < -0.4 is 0 Å². The van der Waals surface area contributed by atoms with Crippen LogP contribution in [0.1, 0.15) is 46.0 Å². The summed E-state index contributed by atoms with van der Waals surface area (Å²) in [5.41, 5.74) is 0. The highest BCUT2D eigenvalue weighted by atomic mass is 127. The van der Waals surface area contributed by atoms with E-state index < -0.39 is 45.6 Å². The van der Waals surface area contributed by atoms with E-state index in [0.29, 0.717) is 12.8 Å². The van der Waals surface area contributed by atoms with E-state index >= 15 is 0 Å². The summed E-state index contributed by atoms with van der Waals surface area (Å²) in [6.45, 7) is 2.60. The Bertz CT molecular complexity index is 522. The van der Waals surface area contributed by atoms with Gasteiger partial charge in [-0.05, 0) is 6.42 Å². The van der Waals surface area contributed by atoms with Crippen LogP contribution in [0.15, 0.2) is 0 Å². The van der Waals surface area contributed by atoms with Gasteiger partial charge in [0, 0.05) is 9.84 Å². The maximum absolute atomic E-state index is 13.8. The molecule has 0 aromatic heterocycles. The quantitative estimate of drug-likeness (QED) is 0.111. The molecule has 0 aliphatic carbocycles. The number of rotatable bonds is 10. The highest BCUT2D eigenvalue weighted by Crippen LogP contribution is 2.61. The largest absolute Gasteiger partial charge is 0.460 e. The standard InChI is InChI=1S/C14H16F13I/c1-3-4-5-6-8(2,28)7-9(15,16)10(17,18)11(19,20)12(21,22)13(23,24)14(25,26)27/h3-7H2,1-2H3. The summed E-state index contributed by atoms with van der Waals surface area (Å²) in [5, 5.41) is 0. The van der Waals surface area contributed by atoms with E-state index in [1.54, 1.807) is 6.92 Å². The molecule has 0 heterocycles. The van der Waals surface area contributed by atoms with Crippen LogP contribution in [0.5, 0.6) is 0 Å². The van der Waals surface area contributed by atoms with E-state index in [1.807, 2.05) is 0 Å². The van der Waals surface area contributed by atoms with E-state index in [0.717, 1.165) is 6.92 Å². The second-order valence-electron chi connectivity index (χ2n) is 6.55. The molecule has 0 rings (SSSR count). The van der Waals surface area contributed by atoms with E-state index in [2.05, 4.69) is 0 Å². The summed E-state index contributed by atoms with van der Waals surface area (Å²) in [5.74, 6) is -36.4. The minimum atomic E-state index is -7.84. The lowest BCUT2D eigenvalue weighted by Gasteiger charge is -2.41. The van der Waals surface area contributed by atoms with Gasteiger partial charge in [0.05, 0.1) is 0 Å². The molecule has 0 amide bonds. The third kappa shape index (κ3) is 4.93. The highest BCUT2D eigenvalue weighted by Gasteiger charge is 2.90. The van der Waals surface area contributed by atoms with Crippen LogP contribution in [-0.4, -0.2) is 39.2 Å². The molecule has 0 aromatic carbocycles. The van der Waals surface area contributed by atoms with Gasteiger partial charge < -0.3 is 0 Å². The molecule has 1 atom stereocenters. The van der Waals surface area contributed by atoms with Crippen molar-refractivity contribution >= 4 is 22.6 Å². The maximum atomic E-state index is 13.8. The van der Waals surface area contributed by atoms with Crippen LogP contribution in [0, 0.1) is 0 Å². The molecule has 28 heavy (non-hydrogen) atoms. The first-order chi connectivity index (χ1) is 12.0. The molecule has 0 aliphatic heterocycles. The molecule has 0 bridgehead atoms. The van der Waals surface area contributed by atoms with E-state index in [-0.39, 0.29) is 12.8 Å². The molecule has 0 N–H and O–H groups in total. The molecule has 170 valence electrons. The third-order valence-electron chi connectivity index (χ3n) is 3.89. The lowest BCUT2D eigenvalue weighted by molar-refractivity contribution is -0.440. The van der Waals surface area contributed by atoms with Crippen LogP contribution in [-0.2, 0) is 0 Å². The van der Waals surface area contributed by atoms with Crippen LogP contribution in [0.25, 0.3) is 0 Å². The SMILES string of the molecule is CCCCCC(C)(I)CC(F)(F)C(F)(F)C(F)(F)C(F)(F)C(F)(F)C(F)(F)F. The Balaban J connectivity index is 5.98. The monoisotopic (exact) mass is 558 g/mol. The Morgan fingerprint density at radius 3 is 1.36 bits per heavy atom. The van der Waals surface area contributed by atoms with Gasteiger partial charge in [-0.3, -0.25) is 0 Å². The van der Waals surface area contributed by atoms with Crippen LogP contribution >= 0.6 is 22.6 Å². The predicted octanol–water partition coefficient (Wildman–Crippen LogP) is 7.89. The number of hydrogen-bond donors (Lipinski definition) is 0. The number of halogens is 14. The highest BCUT2D eigenvalue weighted by molar-refractivity contribution is 14.1. The molecular weight excluding hydrogens is 542 g/mol. The van der Waals surface area contributed by atoms with Crippen LogP contribution in [0.2, 0.25) is 0 Å².